The maximum atomic E-state index is 12.8. The number of alkyl halides is 3. The molecule has 2 aromatic rings. The van der Waals surface area contributed by atoms with Crippen LogP contribution in [0.1, 0.15) is 12.0 Å². The number of benzene rings is 1. The molecule has 1 saturated heterocycles. The van der Waals surface area contributed by atoms with Crippen molar-refractivity contribution in [2.75, 3.05) is 37.6 Å². The van der Waals surface area contributed by atoms with Crippen molar-refractivity contribution in [2.24, 2.45) is 11.8 Å². The van der Waals surface area contributed by atoms with E-state index in [0.29, 0.717) is 10.6 Å². The molecule has 0 spiro atoms. The zero-order chi connectivity index (χ0) is 17.6. The molecule has 2 heterocycles. The molecule has 1 aliphatic heterocycles. The summed E-state index contributed by atoms with van der Waals surface area (Å²) in [6, 6.07) is 4.00. The van der Waals surface area contributed by atoms with Gasteiger partial charge in [0, 0.05) is 54.1 Å². The molecule has 2 aliphatic rings. The third kappa shape index (κ3) is 3.40. The summed E-state index contributed by atoms with van der Waals surface area (Å²) in [5, 5.41) is 2.86. The number of thiophene rings is 1. The van der Waals surface area contributed by atoms with Crippen LogP contribution < -0.4 is 4.90 Å². The largest absolute Gasteiger partial charge is 0.416 e. The quantitative estimate of drug-likeness (QED) is 0.766. The molecule has 0 unspecified atom stereocenters. The Morgan fingerprint density at radius 3 is 2.60 bits per heavy atom. The molecule has 7 heteroatoms. The molecule has 0 N–H and O–H groups in total. The summed E-state index contributed by atoms with van der Waals surface area (Å²) in [6.45, 7) is 4.58. The second kappa shape index (κ2) is 6.29. The van der Waals surface area contributed by atoms with E-state index in [1.54, 1.807) is 6.07 Å². The maximum Gasteiger partial charge on any atom is 0.416 e. The molecule has 0 bridgehead atoms. The highest BCUT2D eigenvalue weighted by molar-refractivity contribution is 7.17. The molecular weight excluding hydrogens is 349 g/mol. The van der Waals surface area contributed by atoms with Crippen LogP contribution in [0.25, 0.3) is 10.1 Å². The predicted molar refractivity (Wildman–Crippen MR) is 93.1 cm³/mol. The van der Waals surface area contributed by atoms with Crippen molar-refractivity contribution in [2.45, 2.75) is 12.6 Å². The van der Waals surface area contributed by atoms with Gasteiger partial charge in [-0.05, 0) is 24.5 Å². The number of nitrogens with zero attached hydrogens (tertiary/aromatic N) is 2. The molecule has 1 saturated carbocycles. The Hall–Kier alpha value is -1.60. The minimum absolute atomic E-state index is 0.252. The van der Waals surface area contributed by atoms with E-state index in [4.69, 9.17) is 0 Å². The van der Waals surface area contributed by atoms with Crippen molar-refractivity contribution < 1.29 is 18.0 Å². The fourth-order valence-corrected chi connectivity index (χ4v) is 4.60. The molecule has 1 aromatic carbocycles. The van der Waals surface area contributed by atoms with Gasteiger partial charge in [0.05, 0.1) is 11.3 Å². The van der Waals surface area contributed by atoms with Gasteiger partial charge in [-0.1, -0.05) is 6.07 Å². The first kappa shape index (κ1) is 16.8. The van der Waals surface area contributed by atoms with Gasteiger partial charge in [0.15, 0.2) is 0 Å². The summed E-state index contributed by atoms with van der Waals surface area (Å²) in [7, 11) is 0. The monoisotopic (exact) mass is 368 g/mol. The van der Waals surface area contributed by atoms with Crippen LogP contribution >= 0.6 is 11.3 Å². The van der Waals surface area contributed by atoms with Crippen LogP contribution in [0, 0.1) is 11.8 Å². The number of hydrogen-bond acceptors (Lipinski definition) is 4. The van der Waals surface area contributed by atoms with E-state index >= 15 is 0 Å². The Kier molecular flexibility index (Phi) is 4.24. The topological polar surface area (TPSA) is 23.6 Å². The van der Waals surface area contributed by atoms with Gasteiger partial charge in [-0.25, -0.2) is 0 Å². The first-order valence-corrected chi connectivity index (χ1v) is 9.34. The maximum absolute atomic E-state index is 12.8. The van der Waals surface area contributed by atoms with Gasteiger partial charge in [-0.2, -0.15) is 13.2 Å². The smallest absolute Gasteiger partial charge is 0.368 e. The first-order chi connectivity index (χ1) is 12.0. The number of rotatable bonds is 4. The van der Waals surface area contributed by atoms with Crippen molar-refractivity contribution >= 4 is 33.4 Å². The Morgan fingerprint density at radius 1 is 1.20 bits per heavy atom. The van der Waals surface area contributed by atoms with E-state index in [-0.39, 0.29) is 5.92 Å². The molecule has 0 radical (unpaired) electrons. The normalized spacial score (nSPS) is 24.7. The zero-order valence-electron chi connectivity index (χ0n) is 13.6. The van der Waals surface area contributed by atoms with Gasteiger partial charge in [0.2, 0.25) is 0 Å². The average molecular weight is 368 g/mol. The van der Waals surface area contributed by atoms with E-state index in [9.17, 15) is 18.0 Å². The Labute approximate surface area is 148 Å². The highest BCUT2D eigenvalue weighted by Gasteiger charge is 2.38. The van der Waals surface area contributed by atoms with Gasteiger partial charge in [0.1, 0.15) is 6.29 Å². The zero-order valence-corrected chi connectivity index (χ0v) is 14.4. The van der Waals surface area contributed by atoms with E-state index in [0.717, 1.165) is 56.5 Å². The van der Waals surface area contributed by atoms with Crippen molar-refractivity contribution in [1.29, 1.82) is 0 Å². The molecule has 4 rings (SSSR count). The second-order valence-corrected chi connectivity index (χ2v) is 7.82. The number of carbonyl (C=O) groups is 1. The van der Waals surface area contributed by atoms with E-state index in [1.807, 2.05) is 5.38 Å². The van der Waals surface area contributed by atoms with E-state index in [2.05, 4.69) is 9.80 Å². The first-order valence-electron chi connectivity index (χ1n) is 8.47. The lowest BCUT2D eigenvalue weighted by molar-refractivity contribution is -0.137. The molecule has 1 aliphatic carbocycles. The second-order valence-electron chi connectivity index (χ2n) is 6.91. The Morgan fingerprint density at radius 2 is 1.96 bits per heavy atom. The van der Waals surface area contributed by atoms with Crippen LogP contribution in [0.3, 0.4) is 0 Å². The average Bonchev–Trinajstić information content (AvgIpc) is 3.20. The van der Waals surface area contributed by atoms with Crippen LogP contribution in [0.15, 0.2) is 23.6 Å². The summed E-state index contributed by atoms with van der Waals surface area (Å²) >= 11 is 1.37. The molecule has 0 amide bonds. The number of fused-ring (bicyclic) bond motifs is 1. The minimum Gasteiger partial charge on any atom is -0.368 e. The van der Waals surface area contributed by atoms with Gasteiger partial charge in [-0.15, -0.1) is 11.3 Å². The number of aldehydes is 1. The fraction of sp³-hybridized carbons (Fsp3) is 0.500. The molecule has 1 aromatic heterocycles. The third-order valence-corrected chi connectivity index (χ3v) is 6.17. The van der Waals surface area contributed by atoms with Crippen LogP contribution in [-0.4, -0.2) is 43.9 Å². The van der Waals surface area contributed by atoms with Crippen molar-refractivity contribution in [3.05, 3.63) is 29.1 Å². The third-order valence-electron chi connectivity index (χ3n) is 5.24. The SMILES string of the molecule is O=C[C@@H]1C[C@H]1CN1CCN(c2csc3cc(C(F)(F)F)ccc23)CC1. The number of carbonyl (C=O) groups excluding carboxylic acids is 1. The summed E-state index contributed by atoms with van der Waals surface area (Å²) in [5.41, 5.74) is 0.443. The van der Waals surface area contributed by atoms with Gasteiger partial charge in [0.25, 0.3) is 0 Å². The Bertz CT molecular complexity index is 780. The highest BCUT2D eigenvalue weighted by atomic mass is 32.1. The fourth-order valence-electron chi connectivity index (χ4n) is 3.59. The van der Waals surface area contributed by atoms with Gasteiger partial charge >= 0.3 is 6.18 Å². The van der Waals surface area contributed by atoms with Crippen LogP contribution in [0.4, 0.5) is 18.9 Å². The molecule has 2 atom stereocenters. The molecule has 134 valence electrons. The van der Waals surface area contributed by atoms with E-state index < -0.39 is 11.7 Å². The van der Waals surface area contributed by atoms with Crippen LogP contribution in [0.5, 0.6) is 0 Å². The summed E-state index contributed by atoms with van der Waals surface area (Å²) in [4.78, 5) is 15.4. The van der Waals surface area contributed by atoms with Crippen molar-refractivity contribution in [1.82, 2.24) is 4.90 Å². The van der Waals surface area contributed by atoms with Gasteiger partial charge < -0.3 is 9.69 Å². The standard InChI is InChI=1S/C18H19F3N2OS/c19-18(20,21)14-1-2-15-16(11-25-17(15)8-14)23-5-3-22(4-6-23)9-12-7-13(12)10-24/h1-2,8,10-13H,3-7,9H2/t12-,13-/m0/s1. The van der Waals surface area contributed by atoms with Gasteiger partial charge in [-0.3, -0.25) is 4.90 Å². The summed E-state index contributed by atoms with van der Waals surface area (Å²) in [5.74, 6) is 0.772. The minimum atomic E-state index is -4.30. The number of piperazine rings is 1. The molecular formula is C18H19F3N2OS. The summed E-state index contributed by atoms with van der Waals surface area (Å²) < 4.78 is 39.2. The molecule has 2 fully saturated rings. The lowest BCUT2D eigenvalue weighted by Gasteiger charge is -2.36. The lowest BCUT2D eigenvalue weighted by atomic mass is 10.1. The van der Waals surface area contributed by atoms with E-state index in [1.165, 1.54) is 23.5 Å². The number of halogens is 3. The number of anilines is 1. The van der Waals surface area contributed by atoms with Crippen LogP contribution in [0.2, 0.25) is 0 Å². The molecule has 3 nitrogen and oxygen atoms in total. The Balaban J connectivity index is 1.43. The molecule has 25 heavy (non-hydrogen) atoms. The predicted octanol–water partition coefficient (Wildman–Crippen LogP) is 3.88. The lowest BCUT2D eigenvalue weighted by Crippen LogP contribution is -2.47. The highest BCUT2D eigenvalue weighted by Crippen LogP contribution is 2.39. The number of hydrogen-bond donors (Lipinski definition) is 0. The summed E-state index contributed by atoms with van der Waals surface area (Å²) in [6.07, 6.45) is -2.22. The van der Waals surface area contributed by atoms with Crippen molar-refractivity contribution in [3.8, 4) is 0 Å². The van der Waals surface area contributed by atoms with Crippen molar-refractivity contribution in [3.63, 3.8) is 0 Å². The van der Waals surface area contributed by atoms with Crippen LogP contribution in [-0.2, 0) is 11.0 Å².